The van der Waals surface area contributed by atoms with Gasteiger partial charge in [0.2, 0.25) is 0 Å². The summed E-state index contributed by atoms with van der Waals surface area (Å²) in [5.41, 5.74) is 1.62. The smallest absolute Gasteiger partial charge is 0.257 e. The van der Waals surface area contributed by atoms with E-state index in [0.717, 1.165) is 44.5 Å². The van der Waals surface area contributed by atoms with Gasteiger partial charge in [-0.25, -0.2) is 0 Å². The zero-order valence-electron chi connectivity index (χ0n) is 20.1. The molecular weight excluding hydrogens is 446 g/mol. The number of piperidine rings is 1. The van der Waals surface area contributed by atoms with Crippen LogP contribution in [0, 0.1) is 5.92 Å². The Hall–Kier alpha value is -2.93. The van der Waals surface area contributed by atoms with Crippen molar-refractivity contribution in [2.75, 3.05) is 25.0 Å². The number of carbonyl (C=O) groups excluding carboxylic acids is 2. The fraction of sp³-hybridized carbons (Fsp3) is 0.444. The number of carbonyl (C=O) groups is 2. The van der Waals surface area contributed by atoms with Crippen molar-refractivity contribution in [2.24, 2.45) is 5.92 Å². The first-order chi connectivity index (χ1) is 16.5. The fourth-order valence-corrected chi connectivity index (χ4v) is 4.11. The van der Waals surface area contributed by atoms with E-state index < -0.39 is 0 Å². The van der Waals surface area contributed by atoms with Crippen molar-refractivity contribution in [2.45, 2.75) is 52.4 Å². The summed E-state index contributed by atoms with van der Waals surface area (Å²) < 4.78 is 5.73. The molecule has 34 heavy (non-hydrogen) atoms. The molecule has 1 fully saturated rings. The molecule has 2 N–H and O–H groups in total. The highest BCUT2D eigenvalue weighted by Crippen LogP contribution is 2.22. The summed E-state index contributed by atoms with van der Waals surface area (Å²) in [5, 5.41) is 5.87. The van der Waals surface area contributed by atoms with Gasteiger partial charge < -0.3 is 15.0 Å². The molecule has 0 bridgehead atoms. The molecular formula is C27H35N3O3S. The number of para-hydroxylation sites is 1. The highest BCUT2D eigenvalue weighted by molar-refractivity contribution is 7.80. The standard InChI is InChI=1S/C27H35N3O3S/c1-3-4-5-8-19-33-22-13-11-21(12-14-22)25(31)29-27(34)28-24-10-7-6-9-23(24)26(32)30-17-15-20(2)16-18-30/h6-7,9-14,20H,3-5,8,15-19H2,1-2H3,(H2,28,29,31,34). The Morgan fingerprint density at radius 3 is 2.44 bits per heavy atom. The van der Waals surface area contributed by atoms with Gasteiger partial charge in [-0.2, -0.15) is 0 Å². The normalized spacial score (nSPS) is 13.9. The summed E-state index contributed by atoms with van der Waals surface area (Å²) >= 11 is 5.36. The number of nitrogens with zero attached hydrogens (tertiary/aromatic N) is 1. The lowest BCUT2D eigenvalue weighted by molar-refractivity contribution is 0.0698. The van der Waals surface area contributed by atoms with Gasteiger partial charge in [0.15, 0.2) is 5.11 Å². The number of rotatable bonds is 9. The molecule has 0 saturated carbocycles. The number of likely N-dealkylation sites (tertiary alicyclic amines) is 1. The molecule has 0 aromatic heterocycles. The molecule has 1 saturated heterocycles. The number of unbranched alkanes of at least 4 members (excludes halogenated alkanes) is 3. The summed E-state index contributed by atoms with van der Waals surface area (Å²) in [5.74, 6) is 1.05. The van der Waals surface area contributed by atoms with Crippen LogP contribution < -0.4 is 15.4 Å². The highest BCUT2D eigenvalue weighted by Gasteiger charge is 2.23. The van der Waals surface area contributed by atoms with E-state index in [4.69, 9.17) is 17.0 Å². The van der Waals surface area contributed by atoms with E-state index in [9.17, 15) is 9.59 Å². The van der Waals surface area contributed by atoms with Gasteiger partial charge in [0.1, 0.15) is 5.75 Å². The number of hydrogen-bond donors (Lipinski definition) is 2. The number of ether oxygens (including phenoxy) is 1. The third-order valence-electron chi connectivity index (χ3n) is 6.09. The SMILES string of the molecule is CCCCCCOc1ccc(C(=O)NC(=S)Nc2ccccc2C(=O)N2CCC(C)CC2)cc1. The Labute approximate surface area is 208 Å². The summed E-state index contributed by atoms with van der Waals surface area (Å²) in [4.78, 5) is 27.6. The molecule has 0 spiro atoms. The van der Waals surface area contributed by atoms with Crippen molar-refractivity contribution in [1.82, 2.24) is 10.2 Å². The molecule has 1 aliphatic heterocycles. The van der Waals surface area contributed by atoms with Gasteiger partial charge in [-0.1, -0.05) is 45.2 Å². The molecule has 6 nitrogen and oxygen atoms in total. The number of amides is 2. The molecule has 0 unspecified atom stereocenters. The maximum absolute atomic E-state index is 13.1. The predicted molar refractivity (Wildman–Crippen MR) is 141 cm³/mol. The highest BCUT2D eigenvalue weighted by atomic mass is 32.1. The zero-order valence-corrected chi connectivity index (χ0v) is 21.0. The van der Waals surface area contributed by atoms with Crippen LogP contribution in [-0.4, -0.2) is 41.5 Å². The topological polar surface area (TPSA) is 70.7 Å². The van der Waals surface area contributed by atoms with Crippen LogP contribution in [-0.2, 0) is 0 Å². The monoisotopic (exact) mass is 481 g/mol. The first-order valence-electron chi connectivity index (χ1n) is 12.2. The minimum atomic E-state index is -0.319. The molecule has 2 aromatic carbocycles. The number of nitrogens with one attached hydrogen (secondary N) is 2. The molecule has 3 rings (SSSR count). The van der Waals surface area contributed by atoms with Crippen LogP contribution >= 0.6 is 12.2 Å². The van der Waals surface area contributed by atoms with Gasteiger partial charge in [0.05, 0.1) is 17.9 Å². The molecule has 2 aromatic rings. The van der Waals surface area contributed by atoms with Crippen LogP contribution in [0.25, 0.3) is 0 Å². The molecule has 182 valence electrons. The van der Waals surface area contributed by atoms with Crippen LogP contribution in [0.3, 0.4) is 0 Å². The van der Waals surface area contributed by atoms with Crippen molar-refractivity contribution >= 4 is 34.8 Å². The molecule has 0 atom stereocenters. The summed E-state index contributed by atoms with van der Waals surface area (Å²) in [6, 6.07) is 14.3. The second-order valence-electron chi connectivity index (χ2n) is 8.86. The van der Waals surface area contributed by atoms with E-state index in [0.29, 0.717) is 29.3 Å². The van der Waals surface area contributed by atoms with Crippen LogP contribution in [0.1, 0.15) is 73.1 Å². The third kappa shape index (κ3) is 7.55. The molecule has 1 aliphatic rings. The van der Waals surface area contributed by atoms with Gasteiger partial charge >= 0.3 is 0 Å². The fourth-order valence-electron chi connectivity index (χ4n) is 3.91. The van der Waals surface area contributed by atoms with E-state index in [1.54, 1.807) is 36.4 Å². The quantitative estimate of drug-likeness (QED) is 0.358. The second kappa shape index (κ2) is 13.1. The van der Waals surface area contributed by atoms with Gasteiger partial charge in [-0.05, 0) is 73.8 Å². The number of anilines is 1. The number of thiocarbonyl (C=S) groups is 1. The molecule has 0 aliphatic carbocycles. The third-order valence-corrected chi connectivity index (χ3v) is 6.29. The van der Waals surface area contributed by atoms with Gasteiger partial charge in [0.25, 0.3) is 11.8 Å². The van der Waals surface area contributed by atoms with E-state index in [1.165, 1.54) is 12.8 Å². The molecule has 2 amide bonds. The molecule has 1 heterocycles. The molecule has 7 heteroatoms. The van der Waals surface area contributed by atoms with Crippen molar-refractivity contribution in [3.63, 3.8) is 0 Å². The van der Waals surface area contributed by atoms with Crippen LogP contribution in [0.15, 0.2) is 48.5 Å². The van der Waals surface area contributed by atoms with Crippen molar-refractivity contribution in [1.29, 1.82) is 0 Å². The van der Waals surface area contributed by atoms with Crippen LogP contribution in [0.5, 0.6) is 5.75 Å². The lowest BCUT2D eigenvalue weighted by Gasteiger charge is -2.30. The Balaban J connectivity index is 1.53. The van der Waals surface area contributed by atoms with Crippen molar-refractivity contribution in [3.05, 3.63) is 59.7 Å². The van der Waals surface area contributed by atoms with Crippen LogP contribution in [0.2, 0.25) is 0 Å². The number of benzene rings is 2. The predicted octanol–water partition coefficient (Wildman–Crippen LogP) is 5.64. The number of hydrogen-bond acceptors (Lipinski definition) is 4. The maximum Gasteiger partial charge on any atom is 0.257 e. The summed E-state index contributed by atoms with van der Waals surface area (Å²) in [7, 11) is 0. The first kappa shape index (κ1) is 25.7. The summed E-state index contributed by atoms with van der Waals surface area (Å²) in [6.45, 7) is 6.59. The maximum atomic E-state index is 13.1. The van der Waals surface area contributed by atoms with E-state index in [2.05, 4.69) is 24.5 Å². The Bertz CT molecular complexity index is 969. The Morgan fingerprint density at radius 1 is 1.03 bits per heavy atom. The average molecular weight is 482 g/mol. The van der Waals surface area contributed by atoms with Crippen LogP contribution in [0.4, 0.5) is 5.69 Å². The largest absolute Gasteiger partial charge is 0.494 e. The minimum absolute atomic E-state index is 0.0191. The van der Waals surface area contributed by atoms with E-state index in [1.807, 2.05) is 17.0 Å². The minimum Gasteiger partial charge on any atom is -0.494 e. The van der Waals surface area contributed by atoms with Crippen molar-refractivity contribution < 1.29 is 14.3 Å². The lowest BCUT2D eigenvalue weighted by Crippen LogP contribution is -2.39. The average Bonchev–Trinajstić information content (AvgIpc) is 2.84. The Kier molecular flexibility index (Phi) is 9.89. The second-order valence-corrected chi connectivity index (χ2v) is 9.27. The van der Waals surface area contributed by atoms with E-state index in [-0.39, 0.29) is 16.9 Å². The molecule has 0 radical (unpaired) electrons. The Morgan fingerprint density at radius 2 is 1.74 bits per heavy atom. The summed E-state index contributed by atoms with van der Waals surface area (Å²) in [6.07, 6.45) is 6.62. The van der Waals surface area contributed by atoms with Gasteiger partial charge in [0, 0.05) is 18.7 Å². The lowest BCUT2D eigenvalue weighted by atomic mass is 9.98. The van der Waals surface area contributed by atoms with Crippen molar-refractivity contribution in [3.8, 4) is 5.75 Å². The van der Waals surface area contributed by atoms with Gasteiger partial charge in [-0.15, -0.1) is 0 Å². The van der Waals surface area contributed by atoms with Gasteiger partial charge in [-0.3, -0.25) is 14.9 Å². The van der Waals surface area contributed by atoms with E-state index >= 15 is 0 Å². The zero-order chi connectivity index (χ0) is 24.3. The first-order valence-corrected chi connectivity index (χ1v) is 12.6.